The van der Waals surface area contributed by atoms with Crippen molar-refractivity contribution in [2.45, 2.75) is 57.9 Å². The molecule has 1 amide bonds. The molecule has 0 aliphatic carbocycles. The van der Waals surface area contributed by atoms with Crippen molar-refractivity contribution in [1.82, 2.24) is 10.3 Å². The molecule has 0 bridgehead atoms. The Morgan fingerprint density at radius 1 is 1.09 bits per heavy atom. The lowest BCUT2D eigenvalue weighted by atomic mass is 9.86. The zero-order valence-corrected chi connectivity index (χ0v) is 21.6. The van der Waals surface area contributed by atoms with Crippen LogP contribution >= 0.6 is 15.9 Å². The van der Waals surface area contributed by atoms with E-state index < -0.39 is 23.2 Å². The minimum absolute atomic E-state index is 0.0286. The molecule has 3 aromatic rings. The topological polar surface area (TPSA) is 51.2 Å². The molecule has 0 saturated carbocycles. The Morgan fingerprint density at radius 3 is 2.34 bits per heavy atom. The summed E-state index contributed by atoms with van der Waals surface area (Å²) in [4.78, 5) is 16.9. The maximum atomic E-state index is 13.2. The molecule has 8 heteroatoms. The summed E-state index contributed by atoms with van der Waals surface area (Å²) in [5.41, 5.74) is 1.15. The summed E-state index contributed by atoms with van der Waals surface area (Å²) in [5, 5.41) is 3.04. The van der Waals surface area contributed by atoms with E-state index in [9.17, 15) is 18.0 Å². The van der Waals surface area contributed by atoms with Crippen LogP contribution in [0.5, 0.6) is 5.88 Å². The van der Waals surface area contributed by atoms with Crippen LogP contribution in [0.15, 0.2) is 71.3 Å². The lowest BCUT2D eigenvalue weighted by molar-refractivity contribution is -0.138. The number of alkyl halides is 3. The van der Waals surface area contributed by atoms with Gasteiger partial charge in [0.15, 0.2) is 5.60 Å². The SMILES string of the molecule is Cc1ccc(CC(c2cccc(Br)c2)C(C)NC(=O)C(C)(C)Oc2ccc(C(F)(F)F)cn2)cc1. The van der Waals surface area contributed by atoms with Crippen molar-refractivity contribution in [2.75, 3.05) is 0 Å². The molecule has 1 N–H and O–H groups in total. The van der Waals surface area contributed by atoms with E-state index in [4.69, 9.17) is 4.74 Å². The van der Waals surface area contributed by atoms with E-state index in [0.717, 1.165) is 27.7 Å². The minimum atomic E-state index is -4.49. The molecule has 2 atom stereocenters. The number of aromatic nitrogens is 1. The third-order valence-corrected chi connectivity index (χ3v) is 6.28. The lowest BCUT2D eigenvalue weighted by Crippen LogP contribution is -2.51. The maximum absolute atomic E-state index is 13.2. The first-order valence-corrected chi connectivity index (χ1v) is 12.0. The second-order valence-corrected chi connectivity index (χ2v) is 10.0. The molecule has 186 valence electrons. The summed E-state index contributed by atoms with van der Waals surface area (Å²) < 4.78 is 45.0. The number of carbonyl (C=O) groups is 1. The van der Waals surface area contributed by atoms with Crippen molar-refractivity contribution in [3.63, 3.8) is 0 Å². The number of pyridine rings is 1. The average Bonchev–Trinajstić information content (AvgIpc) is 2.78. The zero-order chi connectivity index (χ0) is 25.8. The van der Waals surface area contributed by atoms with E-state index >= 15 is 0 Å². The van der Waals surface area contributed by atoms with Crippen molar-refractivity contribution < 1.29 is 22.7 Å². The Morgan fingerprint density at radius 2 is 1.77 bits per heavy atom. The number of benzene rings is 2. The molecule has 1 heterocycles. The number of carbonyl (C=O) groups excluding carboxylic acids is 1. The van der Waals surface area contributed by atoms with E-state index in [2.05, 4.69) is 50.5 Å². The van der Waals surface area contributed by atoms with Crippen LogP contribution in [0, 0.1) is 6.92 Å². The molecule has 0 aliphatic rings. The summed E-state index contributed by atoms with van der Waals surface area (Å²) in [6.07, 6.45) is -3.09. The van der Waals surface area contributed by atoms with Gasteiger partial charge in [-0.2, -0.15) is 13.2 Å². The van der Waals surface area contributed by atoms with E-state index in [1.807, 2.05) is 38.1 Å². The van der Waals surface area contributed by atoms with Gasteiger partial charge in [-0.15, -0.1) is 0 Å². The first kappa shape index (κ1) is 26.7. The highest BCUT2D eigenvalue weighted by Crippen LogP contribution is 2.30. The Kier molecular flexibility index (Phi) is 8.26. The second kappa shape index (κ2) is 10.8. The highest BCUT2D eigenvalue weighted by molar-refractivity contribution is 9.10. The molecule has 4 nitrogen and oxygen atoms in total. The number of ether oxygens (including phenoxy) is 1. The predicted octanol–water partition coefficient (Wildman–Crippen LogP) is 6.86. The van der Waals surface area contributed by atoms with Crippen LogP contribution in [-0.4, -0.2) is 22.5 Å². The second-order valence-electron chi connectivity index (χ2n) is 9.11. The van der Waals surface area contributed by atoms with Gasteiger partial charge in [0, 0.05) is 28.7 Å². The van der Waals surface area contributed by atoms with Crippen LogP contribution in [0.4, 0.5) is 13.2 Å². The van der Waals surface area contributed by atoms with Crippen LogP contribution in [-0.2, 0) is 17.4 Å². The Hall–Kier alpha value is -2.87. The summed E-state index contributed by atoms with van der Waals surface area (Å²) >= 11 is 3.53. The van der Waals surface area contributed by atoms with E-state index in [1.54, 1.807) is 13.8 Å². The van der Waals surface area contributed by atoms with Crippen LogP contribution in [0.3, 0.4) is 0 Å². The van der Waals surface area contributed by atoms with Gasteiger partial charge in [-0.1, -0.05) is 57.9 Å². The fourth-order valence-electron chi connectivity index (χ4n) is 3.70. The number of rotatable bonds is 8. The highest BCUT2D eigenvalue weighted by atomic mass is 79.9. The van der Waals surface area contributed by atoms with Gasteiger partial charge in [0.25, 0.3) is 5.91 Å². The van der Waals surface area contributed by atoms with Gasteiger partial charge in [-0.3, -0.25) is 4.79 Å². The predicted molar refractivity (Wildman–Crippen MR) is 133 cm³/mol. The molecular formula is C27H28BrF3N2O2. The quantitative estimate of drug-likeness (QED) is 0.334. The van der Waals surface area contributed by atoms with Gasteiger partial charge >= 0.3 is 6.18 Å². The number of hydrogen-bond donors (Lipinski definition) is 1. The molecule has 0 saturated heterocycles. The maximum Gasteiger partial charge on any atom is 0.417 e. The molecule has 1 aromatic heterocycles. The van der Waals surface area contributed by atoms with Crippen molar-refractivity contribution in [2.24, 2.45) is 0 Å². The normalized spacial score (nSPS) is 13.7. The molecule has 0 spiro atoms. The number of halogens is 4. The standard InChI is InChI=1S/C27H28BrF3N2O2/c1-17-8-10-19(11-9-17)14-23(20-6-5-7-22(28)15-20)18(2)33-25(34)26(3,4)35-24-13-12-21(16-32-24)27(29,30)31/h5-13,15-16,18,23H,14H2,1-4H3,(H,33,34). The minimum Gasteiger partial charge on any atom is -0.462 e. The highest BCUT2D eigenvalue weighted by Gasteiger charge is 2.34. The first-order valence-electron chi connectivity index (χ1n) is 11.2. The summed E-state index contributed by atoms with van der Waals surface area (Å²) in [7, 11) is 0. The van der Waals surface area contributed by atoms with Crippen LogP contribution < -0.4 is 10.1 Å². The molecule has 0 radical (unpaired) electrons. The largest absolute Gasteiger partial charge is 0.462 e. The monoisotopic (exact) mass is 548 g/mol. The molecule has 0 aliphatic heterocycles. The Balaban J connectivity index is 1.76. The van der Waals surface area contributed by atoms with Gasteiger partial charge < -0.3 is 10.1 Å². The van der Waals surface area contributed by atoms with Crippen molar-refractivity contribution in [1.29, 1.82) is 0 Å². The number of amides is 1. The third-order valence-electron chi connectivity index (χ3n) is 5.79. The smallest absolute Gasteiger partial charge is 0.417 e. The molecule has 2 aromatic carbocycles. The van der Waals surface area contributed by atoms with Crippen molar-refractivity contribution in [3.05, 3.63) is 93.6 Å². The van der Waals surface area contributed by atoms with E-state index in [1.165, 1.54) is 5.56 Å². The molecule has 0 fully saturated rings. The van der Waals surface area contributed by atoms with Crippen LogP contribution in [0.25, 0.3) is 0 Å². The summed E-state index contributed by atoms with van der Waals surface area (Å²) in [5.74, 6) is -0.483. The van der Waals surface area contributed by atoms with Gasteiger partial charge in [-0.25, -0.2) is 4.98 Å². The molecule has 2 unspecified atom stereocenters. The Bertz CT molecular complexity index is 1150. The Labute approximate surface area is 212 Å². The van der Waals surface area contributed by atoms with Gasteiger partial charge in [-0.05, 0) is 63.4 Å². The van der Waals surface area contributed by atoms with Crippen LogP contribution in [0.2, 0.25) is 0 Å². The summed E-state index contributed by atoms with van der Waals surface area (Å²) in [6, 6.07) is 18.0. The molecular weight excluding hydrogens is 521 g/mol. The lowest BCUT2D eigenvalue weighted by Gasteiger charge is -2.30. The molecule has 35 heavy (non-hydrogen) atoms. The van der Waals surface area contributed by atoms with E-state index in [0.29, 0.717) is 12.6 Å². The van der Waals surface area contributed by atoms with Gasteiger partial charge in [0.05, 0.1) is 5.56 Å². The zero-order valence-electron chi connectivity index (χ0n) is 20.0. The van der Waals surface area contributed by atoms with Crippen molar-refractivity contribution in [3.8, 4) is 5.88 Å². The average molecular weight is 549 g/mol. The number of hydrogen-bond acceptors (Lipinski definition) is 3. The fraction of sp³-hybridized carbons (Fsp3) is 0.333. The number of nitrogens with one attached hydrogen (secondary N) is 1. The molecule has 3 rings (SSSR count). The van der Waals surface area contributed by atoms with Crippen molar-refractivity contribution >= 4 is 21.8 Å². The number of nitrogens with zero attached hydrogens (tertiary/aromatic N) is 1. The number of aryl methyl sites for hydroxylation is 1. The van der Waals surface area contributed by atoms with E-state index in [-0.39, 0.29) is 17.8 Å². The van der Waals surface area contributed by atoms with Crippen LogP contribution in [0.1, 0.15) is 48.9 Å². The fourth-order valence-corrected chi connectivity index (χ4v) is 4.11. The van der Waals surface area contributed by atoms with Gasteiger partial charge in [0.2, 0.25) is 5.88 Å². The van der Waals surface area contributed by atoms with Gasteiger partial charge in [0.1, 0.15) is 0 Å². The third kappa shape index (κ3) is 7.31. The first-order chi connectivity index (χ1) is 16.3. The summed E-state index contributed by atoms with van der Waals surface area (Å²) in [6.45, 7) is 7.08.